The number of ether oxygens (including phenoxy) is 1. The number of aromatic nitrogens is 3. The summed E-state index contributed by atoms with van der Waals surface area (Å²) in [6.45, 7) is 5.55. The minimum absolute atomic E-state index is 0.427. The van der Waals surface area contributed by atoms with Crippen LogP contribution in [0.5, 0.6) is 5.75 Å². The minimum Gasteiger partial charge on any atom is -0.490 e. The third-order valence-corrected chi connectivity index (χ3v) is 7.95. The van der Waals surface area contributed by atoms with Crippen LogP contribution in [0.1, 0.15) is 42.6 Å². The lowest BCUT2D eigenvalue weighted by Crippen LogP contribution is -2.37. The number of carbonyl (C=O) groups is 1. The number of benzene rings is 1. The van der Waals surface area contributed by atoms with E-state index in [2.05, 4.69) is 37.6 Å². The fourth-order valence-corrected chi connectivity index (χ4v) is 5.46. The van der Waals surface area contributed by atoms with Gasteiger partial charge in [0.15, 0.2) is 0 Å². The van der Waals surface area contributed by atoms with Gasteiger partial charge in [-0.3, -0.25) is 9.88 Å². The zero-order chi connectivity index (χ0) is 30.6. The molecule has 0 bridgehead atoms. The number of nitrogens with zero attached hydrogens (tertiary/aromatic N) is 4. The van der Waals surface area contributed by atoms with Gasteiger partial charge in [-0.2, -0.15) is 0 Å². The number of carboxylic acids is 1. The van der Waals surface area contributed by atoms with E-state index in [1.807, 2.05) is 61.5 Å². The average molecular weight is 595 g/mol. The van der Waals surface area contributed by atoms with Crippen LogP contribution in [0.25, 0.3) is 11.1 Å². The molecule has 0 fully saturated rings. The van der Waals surface area contributed by atoms with E-state index in [-0.39, 0.29) is 0 Å². The molecule has 0 saturated heterocycles. The normalized spacial score (nSPS) is 13.1. The van der Waals surface area contributed by atoms with E-state index in [1.165, 1.54) is 5.56 Å². The largest absolute Gasteiger partial charge is 0.490 e. The summed E-state index contributed by atoms with van der Waals surface area (Å²) in [6.07, 6.45) is 9.03. The molecule has 1 aliphatic heterocycles. The first-order valence-corrected chi connectivity index (χ1v) is 15.6. The van der Waals surface area contributed by atoms with Gasteiger partial charge in [0, 0.05) is 37.7 Å². The van der Waals surface area contributed by atoms with Crippen LogP contribution in [0.4, 0.5) is 11.6 Å². The first-order valence-electron chi connectivity index (χ1n) is 15.6. The number of rotatable bonds is 16. The number of aryl methyl sites for hydroxylation is 3. The van der Waals surface area contributed by atoms with Crippen LogP contribution in [0.2, 0.25) is 0 Å². The van der Waals surface area contributed by atoms with Gasteiger partial charge in [-0.05, 0) is 99.0 Å². The molecule has 44 heavy (non-hydrogen) atoms. The van der Waals surface area contributed by atoms with Gasteiger partial charge in [0.2, 0.25) is 0 Å². The maximum Gasteiger partial charge on any atom is 0.326 e. The molecular weight excluding hydrogens is 552 g/mol. The Kier molecular flexibility index (Phi) is 11.1. The summed E-state index contributed by atoms with van der Waals surface area (Å²) in [5.74, 6) is 1.46. The monoisotopic (exact) mass is 594 g/mol. The molecule has 9 heteroatoms. The van der Waals surface area contributed by atoms with Crippen LogP contribution >= 0.6 is 0 Å². The highest BCUT2D eigenvalue weighted by Gasteiger charge is 2.20. The Balaban J connectivity index is 1.17. The Bertz CT molecular complexity index is 1500. The first kappa shape index (κ1) is 30.9. The molecule has 230 valence electrons. The quantitative estimate of drug-likeness (QED) is 0.137. The molecule has 0 amide bonds. The van der Waals surface area contributed by atoms with Gasteiger partial charge in [0.25, 0.3) is 0 Å². The smallest absolute Gasteiger partial charge is 0.326 e. The van der Waals surface area contributed by atoms with Crippen LogP contribution in [0.15, 0.2) is 79.1 Å². The summed E-state index contributed by atoms with van der Waals surface area (Å²) >= 11 is 0. The van der Waals surface area contributed by atoms with Crippen LogP contribution in [0.3, 0.4) is 0 Å². The Morgan fingerprint density at radius 3 is 2.73 bits per heavy atom. The number of unbranched alkanes of at least 4 members (excludes halogenated alkanes) is 1. The summed E-state index contributed by atoms with van der Waals surface area (Å²) < 4.78 is 6.04. The standard InChI is InChI=1S/C35H42N6O3/c1-26-32(13-8-18-36-26)44-24-23-41(21-6-5-12-30-15-14-28-11-7-19-38-34(28)39-30)22-17-31(35(42)43)40-33-25-29(16-20-37-33)27-9-3-2-4-10-27/h2-4,8-10,13-16,18,20,25,31H,5-7,11-12,17,19,21-24H2,1H3,(H,37,40)(H,38,39)(H,42,43)/t31-/m0/s1. The van der Waals surface area contributed by atoms with Crippen molar-refractivity contribution >= 4 is 17.6 Å². The second-order valence-corrected chi connectivity index (χ2v) is 11.2. The Hall–Kier alpha value is -4.50. The second-order valence-electron chi connectivity index (χ2n) is 11.2. The maximum atomic E-state index is 12.3. The fraction of sp³-hybridized carbons (Fsp3) is 0.371. The highest BCUT2D eigenvalue weighted by molar-refractivity contribution is 5.77. The number of pyridine rings is 3. The van der Waals surface area contributed by atoms with Gasteiger partial charge in [-0.1, -0.05) is 36.4 Å². The van der Waals surface area contributed by atoms with Crippen molar-refractivity contribution in [2.45, 2.75) is 51.5 Å². The van der Waals surface area contributed by atoms with E-state index in [4.69, 9.17) is 9.72 Å². The molecule has 3 N–H and O–H groups in total. The van der Waals surface area contributed by atoms with Crippen LogP contribution in [-0.2, 0) is 17.6 Å². The molecule has 4 aromatic rings. The van der Waals surface area contributed by atoms with Gasteiger partial charge >= 0.3 is 5.97 Å². The number of anilines is 2. The highest BCUT2D eigenvalue weighted by atomic mass is 16.5. The lowest BCUT2D eigenvalue weighted by Gasteiger charge is -2.25. The third kappa shape index (κ3) is 9.00. The summed E-state index contributed by atoms with van der Waals surface area (Å²) in [5.41, 5.74) is 5.31. The Labute approximate surface area is 259 Å². The summed E-state index contributed by atoms with van der Waals surface area (Å²) in [5, 5.41) is 16.6. The molecule has 0 radical (unpaired) electrons. The van der Waals surface area contributed by atoms with Gasteiger partial charge in [-0.25, -0.2) is 14.8 Å². The predicted octanol–water partition coefficient (Wildman–Crippen LogP) is 5.86. The molecule has 4 heterocycles. The number of carboxylic acid groups (broad SMARTS) is 1. The van der Waals surface area contributed by atoms with Crippen molar-refractivity contribution in [3.63, 3.8) is 0 Å². The van der Waals surface area contributed by atoms with Crippen LogP contribution in [0, 0.1) is 6.92 Å². The molecule has 3 aromatic heterocycles. The summed E-state index contributed by atoms with van der Waals surface area (Å²) in [6, 6.07) is 21.2. The van der Waals surface area contributed by atoms with Crippen LogP contribution < -0.4 is 15.4 Å². The van der Waals surface area contributed by atoms with Crippen LogP contribution in [-0.4, -0.2) is 69.8 Å². The van der Waals surface area contributed by atoms with E-state index in [0.29, 0.717) is 31.9 Å². The van der Waals surface area contributed by atoms with Crippen molar-refractivity contribution in [3.8, 4) is 16.9 Å². The van der Waals surface area contributed by atoms with E-state index >= 15 is 0 Å². The molecule has 1 aliphatic rings. The summed E-state index contributed by atoms with van der Waals surface area (Å²) in [7, 11) is 0. The minimum atomic E-state index is -0.897. The molecular formula is C35H42N6O3. The Morgan fingerprint density at radius 1 is 1.00 bits per heavy atom. The maximum absolute atomic E-state index is 12.3. The number of hydrogen-bond donors (Lipinski definition) is 3. The molecule has 5 rings (SSSR count). The van der Waals surface area contributed by atoms with Crippen molar-refractivity contribution in [1.82, 2.24) is 19.9 Å². The van der Waals surface area contributed by atoms with Crippen molar-refractivity contribution in [1.29, 1.82) is 0 Å². The van der Waals surface area contributed by atoms with E-state index in [1.54, 1.807) is 12.4 Å². The van der Waals surface area contributed by atoms with Crippen molar-refractivity contribution in [2.75, 3.05) is 43.4 Å². The second kappa shape index (κ2) is 15.8. The molecule has 0 unspecified atom stereocenters. The predicted molar refractivity (Wildman–Crippen MR) is 174 cm³/mol. The number of fused-ring (bicyclic) bond motifs is 1. The van der Waals surface area contributed by atoms with Gasteiger partial charge in [0.05, 0.1) is 5.69 Å². The third-order valence-electron chi connectivity index (χ3n) is 7.95. The number of nitrogens with one attached hydrogen (secondary N) is 2. The van der Waals surface area contributed by atoms with E-state index in [0.717, 1.165) is 79.3 Å². The van der Waals surface area contributed by atoms with E-state index < -0.39 is 12.0 Å². The molecule has 9 nitrogen and oxygen atoms in total. The SMILES string of the molecule is Cc1ncccc1OCCN(CCCCc1ccc2c(n1)NCCC2)CC[C@H](Nc1cc(-c2ccccc2)ccn1)C(=O)O. The lowest BCUT2D eigenvalue weighted by atomic mass is 10.1. The van der Waals surface area contributed by atoms with Crippen molar-refractivity contribution < 1.29 is 14.6 Å². The van der Waals surface area contributed by atoms with Crippen molar-refractivity contribution in [3.05, 3.63) is 96.1 Å². The first-order chi connectivity index (χ1) is 21.5. The molecule has 0 aliphatic carbocycles. The molecule has 0 saturated carbocycles. The lowest BCUT2D eigenvalue weighted by molar-refractivity contribution is -0.138. The number of hydrogen-bond acceptors (Lipinski definition) is 8. The average Bonchev–Trinajstić information content (AvgIpc) is 3.05. The fourth-order valence-electron chi connectivity index (χ4n) is 5.46. The zero-order valence-electron chi connectivity index (χ0n) is 25.4. The van der Waals surface area contributed by atoms with Gasteiger partial charge in [0.1, 0.15) is 30.0 Å². The van der Waals surface area contributed by atoms with E-state index in [9.17, 15) is 9.90 Å². The topological polar surface area (TPSA) is 113 Å². The highest BCUT2D eigenvalue weighted by Crippen LogP contribution is 2.22. The Morgan fingerprint density at radius 2 is 1.89 bits per heavy atom. The zero-order valence-corrected chi connectivity index (χ0v) is 25.4. The summed E-state index contributed by atoms with van der Waals surface area (Å²) in [4.78, 5) is 28.1. The van der Waals surface area contributed by atoms with Crippen molar-refractivity contribution in [2.24, 2.45) is 0 Å². The number of aliphatic carboxylic acids is 1. The van der Waals surface area contributed by atoms with Gasteiger partial charge < -0.3 is 20.5 Å². The molecule has 1 atom stereocenters. The molecule has 0 spiro atoms. The molecule has 1 aromatic carbocycles. The van der Waals surface area contributed by atoms with Gasteiger partial charge in [-0.15, -0.1) is 0 Å².